The van der Waals surface area contributed by atoms with Gasteiger partial charge in [-0.1, -0.05) is 17.7 Å². The molecule has 0 spiro atoms. The van der Waals surface area contributed by atoms with Gasteiger partial charge < -0.3 is 4.90 Å². The van der Waals surface area contributed by atoms with Gasteiger partial charge >= 0.3 is 0 Å². The molecule has 3 rings (SSSR count). The topological polar surface area (TPSA) is 84.7 Å². The van der Waals surface area contributed by atoms with E-state index in [1.54, 1.807) is 24.3 Å². The molecule has 146 valence electrons. The molecule has 0 unspecified atom stereocenters. The molecular weight excluding hydrogens is 364 g/mol. The first-order chi connectivity index (χ1) is 12.9. The van der Waals surface area contributed by atoms with Crippen molar-refractivity contribution in [3.63, 3.8) is 0 Å². The average molecular weight is 391 g/mol. The fourth-order valence-electron chi connectivity index (χ4n) is 3.54. The summed E-state index contributed by atoms with van der Waals surface area (Å²) in [6.45, 7) is 5.39. The first-order valence-corrected chi connectivity index (χ1v) is 10.8. The second-order valence-corrected chi connectivity index (χ2v) is 9.22. The lowest BCUT2D eigenvalue weighted by molar-refractivity contribution is -0.133. The zero-order valence-corrected chi connectivity index (χ0v) is 16.5. The third kappa shape index (κ3) is 4.67. The first-order valence-electron chi connectivity index (χ1n) is 9.37. The monoisotopic (exact) mass is 390 g/mol. The van der Waals surface area contributed by atoms with Crippen LogP contribution < -0.4 is 0 Å². The van der Waals surface area contributed by atoms with Gasteiger partial charge in [-0.3, -0.25) is 9.69 Å². The van der Waals surface area contributed by atoms with Crippen molar-refractivity contribution in [3.8, 4) is 6.07 Å². The van der Waals surface area contributed by atoms with Crippen molar-refractivity contribution in [1.29, 1.82) is 5.26 Å². The minimum absolute atomic E-state index is 0.0598. The van der Waals surface area contributed by atoms with Crippen LogP contribution in [0.1, 0.15) is 18.4 Å². The Morgan fingerprint density at radius 1 is 1.07 bits per heavy atom. The lowest BCUT2D eigenvalue weighted by Crippen LogP contribution is -2.52. The van der Waals surface area contributed by atoms with E-state index in [2.05, 4.69) is 6.07 Å². The Morgan fingerprint density at radius 3 is 2.22 bits per heavy atom. The number of piperazine rings is 1. The summed E-state index contributed by atoms with van der Waals surface area (Å²) in [5.41, 5.74) is 1.02. The Kier molecular flexibility index (Phi) is 6.15. The van der Waals surface area contributed by atoms with Gasteiger partial charge in [0.15, 0.2) is 0 Å². The fraction of sp³-hybridized carbons (Fsp3) is 0.579. The number of hydrogen-bond donors (Lipinski definition) is 0. The smallest absolute Gasteiger partial charge is 0.243 e. The number of nitrogens with zero attached hydrogens (tertiary/aromatic N) is 4. The van der Waals surface area contributed by atoms with Gasteiger partial charge in [-0.15, -0.1) is 0 Å². The third-order valence-electron chi connectivity index (χ3n) is 5.38. The van der Waals surface area contributed by atoms with E-state index in [9.17, 15) is 13.2 Å². The van der Waals surface area contributed by atoms with Crippen LogP contribution in [0, 0.1) is 24.2 Å². The van der Waals surface area contributed by atoms with Gasteiger partial charge in [-0.2, -0.15) is 9.57 Å². The number of benzene rings is 1. The summed E-state index contributed by atoms with van der Waals surface area (Å²) < 4.78 is 27.0. The van der Waals surface area contributed by atoms with Crippen LogP contribution in [0.3, 0.4) is 0 Å². The third-order valence-corrected chi connectivity index (χ3v) is 7.29. The van der Waals surface area contributed by atoms with Crippen molar-refractivity contribution in [2.75, 3.05) is 45.8 Å². The number of carbonyl (C=O) groups is 1. The number of nitriles is 1. The summed E-state index contributed by atoms with van der Waals surface area (Å²) in [6, 6.07) is 9.16. The van der Waals surface area contributed by atoms with Crippen molar-refractivity contribution in [2.45, 2.75) is 24.7 Å². The molecule has 8 heteroatoms. The molecule has 0 N–H and O–H groups in total. The van der Waals surface area contributed by atoms with Gasteiger partial charge in [0.2, 0.25) is 15.9 Å². The molecule has 2 fully saturated rings. The van der Waals surface area contributed by atoms with E-state index in [0.29, 0.717) is 50.7 Å². The molecule has 1 amide bonds. The number of aryl methyl sites for hydroxylation is 1. The number of hydrogen-bond acceptors (Lipinski definition) is 5. The minimum Gasteiger partial charge on any atom is -0.341 e. The molecule has 0 atom stereocenters. The SMILES string of the molecule is Cc1ccc(S(=O)(=O)N2CCN(CC(=O)N3CCC(C#N)CC3)CC2)cc1. The molecule has 27 heavy (non-hydrogen) atoms. The number of likely N-dealkylation sites (tertiary alicyclic amines) is 1. The lowest BCUT2D eigenvalue weighted by Gasteiger charge is -2.35. The van der Waals surface area contributed by atoms with Crippen LogP contribution in [0.25, 0.3) is 0 Å². The molecule has 0 aromatic heterocycles. The average Bonchev–Trinajstić information content (AvgIpc) is 2.69. The molecule has 2 aliphatic rings. The van der Waals surface area contributed by atoms with Crippen molar-refractivity contribution in [1.82, 2.24) is 14.1 Å². The molecule has 0 radical (unpaired) electrons. The van der Waals surface area contributed by atoms with Crippen LogP contribution >= 0.6 is 0 Å². The van der Waals surface area contributed by atoms with Gasteiger partial charge in [-0.05, 0) is 31.9 Å². The zero-order valence-electron chi connectivity index (χ0n) is 15.7. The van der Waals surface area contributed by atoms with Gasteiger partial charge in [0.1, 0.15) is 0 Å². The minimum atomic E-state index is -3.48. The number of carbonyl (C=O) groups excluding carboxylic acids is 1. The molecule has 7 nitrogen and oxygen atoms in total. The summed E-state index contributed by atoms with van der Waals surface area (Å²) in [4.78, 5) is 16.6. The van der Waals surface area contributed by atoms with Crippen molar-refractivity contribution >= 4 is 15.9 Å². The number of piperidine rings is 1. The molecule has 2 heterocycles. The van der Waals surface area contributed by atoms with E-state index in [4.69, 9.17) is 5.26 Å². The van der Waals surface area contributed by atoms with E-state index < -0.39 is 10.0 Å². The van der Waals surface area contributed by atoms with Crippen molar-refractivity contribution in [2.24, 2.45) is 5.92 Å². The van der Waals surface area contributed by atoms with E-state index in [-0.39, 0.29) is 11.8 Å². The Balaban J connectivity index is 1.51. The maximum Gasteiger partial charge on any atom is 0.243 e. The summed E-state index contributed by atoms with van der Waals surface area (Å²) in [7, 11) is -3.48. The highest BCUT2D eigenvalue weighted by molar-refractivity contribution is 7.89. The Hall–Kier alpha value is -1.95. The normalized spacial score (nSPS) is 20.4. The second-order valence-electron chi connectivity index (χ2n) is 7.28. The highest BCUT2D eigenvalue weighted by atomic mass is 32.2. The van der Waals surface area contributed by atoms with Crippen molar-refractivity contribution in [3.05, 3.63) is 29.8 Å². The van der Waals surface area contributed by atoms with Crippen LogP contribution in [0.5, 0.6) is 0 Å². The Bertz CT molecular complexity index is 800. The number of amides is 1. The molecule has 2 aliphatic heterocycles. The quantitative estimate of drug-likeness (QED) is 0.768. The number of sulfonamides is 1. The van der Waals surface area contributed by atoms with Crippen molar-refractivity contribution < 1.29 is 13.2 Å². The predicted octanol–water partition coefficient (Wildman–Crippen LogP) is 1.06. The molecule has 2 saturated heterocycles. The van der Waals surface area contributed by atoms with Gasteiger partial charge in [0.25, 0.3) is 0 Å². The van der Waals surface area contributed by atoms with Gasteiger partial charge in [0, 0.05) is 45.2 Å². The lowest BCUT2D eigenvalue weighted by atomic mass is 9.98. The summed E-state index contributed by atoms with van der Waals surface area (Å²) in [6.07, 6.45) is 1.48. The largest absolute Gasteiger partial charge is 0.341 e. The standard InChI is InChI=1S/C19H26N4O3S/c1-16-2-4-18(5-3-16)27(25,26)23-12-10-21(11-13-23)15-19(24)22-8-6-17(14-20)7-9-22/h2-5,17H,6-13,15H2,1H3. The van der Waals surface area contributed by atoms with Gasteiger partial charge in [0.05, 0.1) is 17.5 Å². The van der Waals surface area contributed by atoms with E-state index in [1.807, 2.05) is 16.7 Å². The van der Waals surface area contributed by atoms with Crippen LogP contribution in [0.15, 0.2) is 29.2 Å². The molecule has 0 bridgehead atoms. The van der Waals surface area contributed by atoms with E-state index in [1.165, 1.54) is 4.31 Å². The maximum atomic E-state index is 12.7. The molecule has 1 aromatic rings. The molecule has 1 aromatic carbocycles. The molecule has 0 aliphatic carbocycles. The Morgan fingerprint density at radius 2 is 1.67 bits per heavy atom. The van der Waals surface area contributed by atoms with Crippen LogP contribution in [0.2, 0.25) is 0 Å². The fourth-order valence-corrected chi connectivity index (χ4v) is 4.96. The van der Waals surface area contributed by atoms with Gasteiger partial charge in [-0.25, -0.2) is 8.42 Å². The zero-order chi connectivity index (χ0) is 19.4. The molecular formula is C19H26N4O3S. The Labute approximate surface area is 161 Å². The number of rotatable bonds is 4. The summed E-state index contributed by atoms with van der Waals surface area (Å²) in [5.74, 6) is 0.130. The van der Waals surface area contributed by atoms with E-state index >= 15 is 0 Å². The predicted molar refractivity (Wildman–Crippen MR) is 101 cm³/mol. The van der Waals surface area contributed by atoms with Crippen LogP contribution in [-0.2, 0) is 14.8 Å². The summed E-state index contributed by atoms with van der Waals surface area (Å²) >= 11 is 0. The van der Waals surface area contributed by atoms with E-state index in [0.717, 1.165) is 18.4 Å². The maximum absolute atomic E-state index is 12.7. The van der Waals surface area contributed by atoms with Crippen LogP contribution in [0.4, 0.5) is 0 Å². The summed E-state index contributed by atoms with van der Waals surface area (Å²) in [5, 5.41) is 8.95. The first kappa shape index (κ1) is 19.8. The highest BCUT2D eigenvalue weighted by Gasteiger charge is 2.30. The molecule has 0 saturated carbocycles. The van der Waals surface area contributed by atoms with Crippen LogP contribution in [-0.4, -0.2) is 74.2 Å². The highest BCUT2D eigenvalue weighted by Crippen LogP contribution is 2.19. The second kappa shape index (κ2) is 8.38.